The number of aliphatic hydroxyl groups is 1. The number of aryl methyl sites for hydroxylation is 1. The lowest BCUT2D eigenvalue weighted by molar-refractivity contribution is 0.100. The lowest BCUT2D eigenvalue weighted by Gasteiger charge is -1.93. The highest BCUT2D eigenvalue weighted by Gasteiger charge is 2.03. The minimum Gasteiger partial charge on any atom is -0.450 e. The van der Waals surface area contributed by atoms with Crippen molar-refractivity contribution < 1.29 is 14.3 Å². The van der Waals surface area contributed by atoms with Crippen molar-refractivity contribution in [3.8, 4) is 23.7 Å². The van der Waals surface area contributed by atoms with Gasteiger partial charge < -0.3 is 15.3 Å². The Bertz CT molecular complexity index is 777. The highest BCUT2D eigenvalue weighted by atomic mass is 16.4. The maximum atomic E-state index is 10.9. The molecular weight excluding hydrogens is 266 g/mol. The number of benzene rings is 1. The molecule has 0 fully saturated rings. The molecule has 2 aromatic rings. The third-order valence-electron chi connectivity index (χ3n) is 2.79. The lowest BCUT2D eigenvalue weighted by atomic mass is 10.1. The fourth-order valence-corrected chi connectivity index (χ4v) is 1.65. The summed E-state index contributed by atoms with van der Waals surface area (Å²) >= 11 is 0. The summed E-state index contributed by atoms with van der Waals surface area (Å²) in [4.78, 5) is 10.9. The molecule has 1 amide bonds. The first-order chi connectivity index (χ1) is 10.1. The summed E-state index contributed by atoms with van der Waals surface area (Å²) in [5.74, 6) is 11.5. The van der Waals surface area contributed by atoms with Crippen LogP contribution in [0.15, 0.2) is 34.7 Å². The summed E-state index contributed by atoms with van der Waals surface area (Å²) in [6, 6.07) is 8.39. The van der Waals surface area contributed by atoms with Crippen LogP contribution in [0, 0.1) is 30.6 Å². The first-order valence-electron chi connectivity index (χ1n) is 6.22. The van der Waals surface area contributed by atoms with Gasteiger partial charge in [0.15, 0.2) is 5.76 Å². The molecule has 1 aromatic carbocycles. The molecule has 0 aliphatic carbocycles. The van der Waals surface area contributed by atoms with Crippen LogP contribution in [0.4, 0.5) is 0 Å². The molecule has 0 unspecified atom stereocenters. The standard InChI is InChI=1S/C17H13NO3/c1-12-10-15(21-16(12)11-19)5-3-2-4-13-6-8-14(9-7-13)17(18)20/h6-10,19H,11H2,1H3,(H2,18,20). The Hall–Kier alpha value is -2.95. The van der Waals surface area contributed by atoms with E-state index in [2.05, 4.69) is 23.7 Å². The van der Waals surface area contributed by atoms with E-state index in [-0.39, 0.29) is 6.61 Å². The summed E-state index contributed by atoms with van der Waals surface area (Å²) in [5.41, 5.74) is 7.18. The smallest absolute Gasteiger partial charge is 0.248 e. The zero-order chi connectivity index (χ0) is 15.2. The summed E-state index contributed by atoms with van der Waals surface area (Å²) in [5, 5.41) is 9.01. The van der Waals surface area contributed by atoms with Crippen molar-refractivity contribution in [2.24, 2.45) is 5.73 Å². The topological polar surface area (TPSA) is 76.5 Å². The first kappa shape index (κ1) is 14.5. The van der Waals surface area contributed by atoms with Crippen LogP contribution in [-0.2, 0) is 6.61 Å². The molecular formula is C17H13NO3. The van der Waals surface area contributed by atoms with E-state index in [1.807, 2.05) is 6.92 Å². The minimum absolute atomic E-state index is 0.147. The molecule has 4 heteroatoms. The minimum atomic E-state index is -0.470. The largest absolute Gasteiger partial charge is 0.450 e. The third-order valence-corrected chi connectivity index (χ3v) is 2.79. The number of carbonyl (C=O) groups excluding carboxylic acids is 1. The van der Waals surface area contributed by atoms with Gasteiger partial charge in [-0.3, -0.25) is 4.79 Å². The number of carbonyl (C=O) groups is 1. The second-order valence-corrected chi connectivity index (χ2v) is 4.32. The number of amides is 1. The molecule has 3 N–H and O–H groups in total. The van der Waals surface area contributed by atoms with E-state index in [0.29, 0.717) is 17.1 Å². The number of primary amides is 1. The van der Waals surface area contributed by atoms with Gasteiger partial charge in [-0.1, -0.05) is 5.92 Å². The van der Waals surface area contributed by atoms with Crippen molar-refractivity contribution in [3.63, 3.8) is 0 Å². The quantitative estimate of drug-likeness (QED) is 0.819. The van der Waals surface area contributed by atoms with E-state index in [0.717, 1.165) is 11.1 Å². The Morgan fingerprint density at radius 3 is 2.48 bits per heavy atom. The molecule has 1 aromatic heterocycles. The van der Waals surface area contributed by atoms with Gasteiger partial charge in [0.1, 0.15) is 12.4 Å². The van der Waals surface area contributed by atoms with Crippen molar-refractivity contribution >= 4 is 5.91 Å². The SMILES string of the molecule is Cc1cc(C#CC#Cc2ccc(C(N)=O)cc2)oc1CO. The molecule has 0 saturated heterocycles. The Morgan fingerprint density at radius 2 is 1.90 bits per heavy atom. The molecule has 0 atom stereocenters. The van der Waals surface area contributed by atoms with Crippen LogP contribution in [0.3, 0.4) is 0 Å². The second kappa shape index (κ2) is 6.47. The Labute approximate surface area is 122 Å². The molecule has 0 radical (unpaired) electrons. The van der Waals surface area contributed by atoms with Crippen LogP contribution in [-0.4, -0.2) is 11.0 Å². The van der Waals surface area contributed by atoms with Gasteiger partial charge in [-0.2, -0.15) is 0 Å². The number of aliphatic hydroxyl groups excluding tert-OH is 1. The van der Waals surface area contributed by atoms with Crippen molar-refractivity contribution in [2.45, 2.75) is 13.5 Å². The van der Waals surface area contributed by atoms with Crippen molar-refractivity contribution in [1.82, 2.24) is 0 Å². The first-order valence-corrected chi connectivity index (χ1v) is 6.22. The van der Waals surface area contributed by atoms with Crippen LogP contribution >= 0.6 is 0 Å². The van der Waals surface area contributed by atoms with Gasteiger partial charge >= 0.3 is 0 Å². The number of rotatable bonds is 2. The maximum Gasteiger partial charge on any atom is 0.248 e. The van der Waals surface area contributed by atoms with Crippen LogP contribution in [0.1, 0.15) is 33.0 Å². The molecule has 0 aliphatic rings. The van der Waals surface area contributed by atoms with Gasteiger partial charge in [0.05, 0.1) is 0 Å². The van der Waals surface area contributed by atoms with Crippen molar-refractivity contribution in [1.29, 1.82) is 0 Å². The molecule has 104 valence electrons. The van der Waals surface area contributed by atoms with Gasteiger partial charge in [-0.25, -0.2) is 0 Å². The Balaban J connectivity index is 2.10. The third kappa shape index (κ3) is 3.76. The van der Waals surface area contributed by atoms with E-state index in [9.17, 15) is 4.79 Å². The predicted octanol–water partition coefficient (Wildman–Crippen LogP) is 1.58. The second-order valence-electron chi connectivity index (χ2n) is 4.32. The summed E-state index contributed by atoms with van der Waals surface area (Å²) in [6.45, 7) is 1.69. The van der Waals surface area contributed by atoms with E-state index < -0.39 is 5.91 Å². The van der Waals surface area contributed by atoms with Crippen LogP contribution in [0.25, 0.3) is 0 Å². The molecule has 0 saturated carbocycles. The molecule has 0 spiro atoms. The number of hydrogen-bond donors (Lipinski definition) is 2. The molecule has 2 rings (SSSR count). The molecule has 4 nitrogen and oxygen atoms in total. The monoisotopic (exact) mass is 279 g/mol. The summed E-state index contributed by atoms with van der Waals surface area (Å²) in [6.07, 6.45) is 0. The van der Waals surface area contributed by atoms with E-state index >= 15 is 0 Å². The van der Waals surface area contributed by atoms with E-state index in [4.69, 9.17) is 15.3 Å². The summed E-state index contributed by atoms with van der Waals surface area (Å²) in [7, 11) is 0. The van der Waals surface area contributed by atoms with Crippen LogP contribution in [0.2, 0.25) is 0 Å². The van der Waals surface area contributed by atoms with E-state index in [1.165, 1.54) is 0 Å². The van der Waals surface area contributed by atoms with Crippen LogP contribution in [0.5, 0.6) is 0 Å². The highest BCUT2D eigenvalue weighted by Crippen LogP contribution is 2.13. The van der Waals surface area contributed by atoms with Gasteiger partial charge in [0, 0.05) is 11.1 Å². The Kier molecular flexibility index (Phi) is 4.46. The number of nitrogens with two attached hydrogens (primary N) is 1. The van der Waals surface area contributed by atoms with Crippen molar-refractivity contribution in [2.75, 3.05) is 0 Å². The average Bonchev–Trinajstić information content (AvgIpc) is 2.84. The Morgan fingerprint density at radius 1 is 1.24 bits per heavy atom. The normalized spacial score (nSPS) is 9.24. The highest BCUT2D eigenvalue weighted by molar-refractivity contribution is 5.92. The maximum absolute atomic E-state index is 10.9. The molecule has 1 heterocycles. The van der Waals surface area contributed by atoms with Gasteiger partial charge in [0.2, 0.25) is 5.91 Å². The van der Waals surface area contributed by atoms with Gasteiger partial charge in [0.25, 0.3) is 0 Å². The molecule has 0 bridgehead atoms. The van der Waals surface area contributed by atoms with Gasteiger partial charge in [-0.15, -0.1) is 0 Å². The number of hydrogen-bond acceptors (Lipinski definition) is 3. The lowest BCUT2D eigenvalue weighted by Crippen LogP contribution is -2.10. The fourth-order valence-electron chi connectivity index (χ4n) is 1.65. The van der Waals surface area contributed by atoms with E-state index in [1.54, 1.807) is 30.3 Å². The van der Waals surface area contributed by atoms with Crippen LogP contribution < -0.4 is 5.73 Å². The van der Waals surface area contributed by atoms with Crippen molar-refractivity contribution in [3.05, 3.63) is 58.5 Å². The zero-order valence-corrected chi connectivity index (χ0v) is 11.4. The number of furan rings is 1. The molecule has 0 aliphatic heterocycles. The average molecular weight is 279 g/mol. The van der Waals surface area contributed by atoms with Gasteiger partial charge in [-0.05, 0) is 60.6 Å². The summed E-state index contributed by atoms with van der Waals surface area (Å²) < 4.78 is 5.32. The predicted molar refractivity (Wildman–Crippen MR) is 78.1 cm³/mol. The molecule has 21 heavy (non-hydrogen) atoms. The fraction of sp³-hybridized carbons (Fsp3) is 0.118. The zero-order valence-electron chi connectivity index (χ0n) is 11.4.